The number of hydrogen-bond acceptors (Lipinski definition) is 1. The molecule has 16 heavy (non-hydrogen) atoms. The number of hydrogen-bond donors (Lipinski definition) is 0. The molecule has 0 spiro atoms. The Bertz CT molecular complexity index is 540. The Hall–Kier alpha value is -1.89. The molecule has 0 bridgehead atoms. The highest BCUT2D eigenvalue weighted by molar-refractivity contribution is 5.51. The quantitative estimate of drug-likeness (QED) is 0.695. The van der Waals surface area contributed by atoms with Crippen LogP contribution in [0.25, 0.3) is 19.2 Å². The van der Waals surface area contributed by atoms with E-state index in [1.54, 1.807) is 6.20 Å². The average molecular weight is 211 g/mol. The van der Waals surface area contributed by atoms with Crippen LogP contribution in [0.15, 0.2) is 36.5 Å². The lowest BCUT2D eigenvalue weighted by atomic mass is 10.1. The van der Waals surface area contributed by atoms with Crippen molar-refractivity contribution in [2.24, 2.45) is 0 Å². The fraction of sp³-hybridized carbons (Fsp3) is 0.133. The number of rotatable bonds is 1. The second-order valence-electron chi connectivity index (χ2n) is 3.58. The number of nitrogens with zero attached hydrogens (tertiary/aromatic N) is 1. The van der Waals surface area contributed by atoms with E-state index in [9.17, 15) is 0 Å². The summed E-state index contributed by atoms with van der Waals surface area (Å²) >= 11 is 0. The first kappa shape index (κ1) is 12.2. The zero-order chi connectivity index (χ0) is 12.0. The lowest BCUT2D eigenvalue weighted by molar-refractivity contribution is 1.19. The lowest BCUT2D eigenvalue weighted by Gasteiger charge is -1.95. The second kappa shape index (κ2) is 5.86. The third kappa shape index (κ3) is 3.35. The van der Waals surface area contributed by atoms with Gasteiger partial charge in [0.05, 0.1) is 0 Å². The average Bonchev–Trinajstić information content (AvgIpc) is 2.27. The van der Waals surface area contributed by atoms with Crippen LogP contribution < -0.4 is 10.4 Å². The standard InChI is InChI=1S/C15H17N/c1-5-8-15-13(3)10-7-6-9-12(2)11-16-14(15)4/h5-11H,2-3H2,1,4H3/b8-5-,9-6?,10-7?,15-14?,16-11?. The van der Waals surface area contributed by atoms with Gasteiger partial charge in [-0.15, -0.1) is 0 Å². The van der Waals surface area contributed by atoms with Crippen LogP contribution in [-0.4, -0.2) is 4.98 Å². The Morgan fingerprint density at radius 2 is 1.88 bits per heavy atom. The van der Waals surface area contributed by atoms with Crippen LogP contribution in [0.3, 0.4) is 0 Å². The van der Waals surface area contributed by atoms with Crippen molar-refractivity contribution in [2.45, 2.75) is 13.8 Å². The Morgan fingerprint density at radius 3 is 2.56 bits per heavy atom. The molecular weight excluding hydrogens is 194 g/mol. The zero-order valence-electron chi connectivity index (χ0n) is 9.90. The minimum atomic E-state index is 0.886. The molecule has 0 fully saturated rings. The molecule has 1 rings (SSSR count). The van der Waals surface area contributed by atoms with Gasteiger partial charge in [-0.2, -0.15) is 0 Å². The van der Waals surface area contributed by atoms with Gasteiger partial charge >= 0.3 is 0 Å². The van der Waals surface area contributed by atoms with E-state index in [4.69, 9.17) is 0 Å². The molecule has 0 atom stereocenters. The molecule has 0 unspecified atom stereocenters. The van der Waals surface area contributed by atoms with Gasteiger partial charge in [-0.05, 0) is 24.3 Å². The largest absolute Gasteiger partial charge is 0.260 e. The molecule has 1 aromatic rings. The first-order valence-corrected chi connectivity index (χ1v) is 5.25. The van der Waals surface area contributed by atoms with Gasteiger partial charge in [-0.1, -0.05) is 49.6 Å². The molecule has 0 N–H and O–H groups in total. The van der Waals surface area contributed by atoms with E-state index < -0.39 is 0 Å². The fourth-order valence-corrected chi connectivity index (χ4v) is 1.36. The van der Waals surface area contributed by atoms with Crippen LogP contribution in [0.4, 0.5) is 0 Å². The summed E-state index contributed by atoms with van der Waals surface area (Å²) in [6.07, 6.45) is 5.78. The molecule has 0 aromatic carbocycles. The molecule has 0 radical (unpaired) electrons. The van der Waals surface area contributed by atoms with Crippen molar-refractivity contribution in [1.29, 1.82) is 0 Å². The molecule has 0 saturated carbocycles. The molecule has 0 saturated heterocycles. The molecule has 1 heterocycles. The van der Waals surface area contributed by atoms with Gasteiger partial charge in [0.15, 0.2) is 0 Å². The maximum absolute atomic E-state index is 4.37. The molecule has 1 nitrogen and oxygen atoms in total. The molecule has 1 aromatic heterocycles. The van der Waals surface area contributed by atoms with Crippen molar-refractivity contribution >= 4 is 19.2 Å². The second-order valence-corrected chi connectivity index (χ2v) is 3.58. The summed E-state index contributed by atoms with van der Waals surface area (Å²) in [6.45, 7) is 11.9. The predicted molar refractivity (Wildman–Crippen MR) is 71.6 cm³/mol. The number of aryl methyl sites for hydroxylation is 1. The maximum Gasteiger partial charge on any atom is 0.0450 e. The van der Waals surface area contributed by atoms with Crippen LogP contribution in [0.1, 0.15) is 18.2 Å². The third-order valence-corrected chi connectivity index (χ3v) is 2.21. The molecule has 0 amide bonds. The van der Waals surface area contributed by atoms with Gasteiger partial charge in [0, 0.05) is 17.5 Å². The summed E-state index contributed by atoms with van der Waals surface area (Å²) in [5.74, 6) is 0. The van der Waals surface area contributed by atoms with Gasteiger partial charge in [-0.3, -0.25) is 4.98 Å². The summed E-state index contributed by atoms with van der Waals surface area (Å²) in [7, 11) is 0. The van der Waals surface area contributed by atoms with E-state index in [-0.39, 0.29) is 0 Å². The third-order valence-electron chi connectivity index (χ3n) is 2.21. The van der Waals surface area contributed by atoms with Crippen molar-refractivity contribution in [3.8, 4) is 0 Å². The lowest BCUT2D eigenvalue weighted by Crippen LogP contribution is -2.04. The Morgan fingerprint density at radius 1 is 1.19 bits per heavy atom. The fourth-order valence-electron chi connectivity index (χ4n) is 1.36. The first-order chi connectivity index (χ1) is 7.65. The number of aromatic nitrogens is 1. The smallest absolute Gasteiger partial charge is 0.0450 e. The van der Waals surface area contributed by atoms with Crippen LogP contribution in [-0.2, 0) is 0 Å². The van der Waals surface area contributed by atoms with Gasteiger partial charge < -0.3 is 0 Å². The minimum absolute atomic E-state index is 0.886. The highest BCUT2D eigenvalue weighted by atomic mass is 14.6. The molecular formula is C15H17N. The van der Waals surface area contributed by atoms with Crippen LogP contribution in [0.2, 0.25) is 0 Å². The van der Waals surface area contributed by atoms with Crippen molar-refractivity contribution in [1.82, 2.24) is 4.98 Å². The first-order valence-electron chi connectivity index (χ1n) is 5.25. The maximum atomic E-state index is 4.37. The highest BCUT2D eigenvalue weighted by Gasteiger charge is 1.90. The molecule has 0 aliphatic carbocycles. The van der Waals surface area contributed by atoms with Crippen LogP contribution >= 0.6 is 0 Å². The number of allylic oxidation sites excluding steroid dienone is 1. The summed E-state index contributed by atoms with van der Waals surface area (Å²) in [5, 5.41) is 1.85. The SMILES string of the molecule is C=c1ccccc(=C)c(/C=C\C)c(C)nc1. The molecule has 0 aliphatic heterocycles. The summed E-state index contributed by atoms with van der Waals surface area (Å²) in [5.41, 5.74) is 2.00. The molecule has 0 aliphatic rings. The Balaban J connectivity index is 3.67. The van der Waals surface area contributed by atoms with Crippen molar-refractivity contribution < 1.29 is 0 Å². The normalized spacial score (nSPS) is 10.1. The van der Waals surface area contributed by atoms with E-state index in [0.717, 1.165) is 21.7 Å². The Labute approximate surface area is 96.8 Å². The van der Waals surface area contributed by atoms with Crippen LogP contribution in [0, 0.1) is 6.92 Å². The van der Waals surface area contributed by atoms with Gasteiger partial charge in [0.25, 0.3) is 0 Å². The monoisotopic (exact) mass is 211 g/mol. The summed E-state index contributed by atoms with van der Waals surface area (Å²) in [6, 6.07) is 7.79. The molecule has 1 heteroatoms. The highest BCUT2D eigenvalue weighted by Crippen LogP contribution is 1.97. The van der Waals surface area contributed by atoms with Crippen molar-refractivity contribution in [3.05, 3.63) is 58.2 Å². The summed E-state index contributed by atoms with van der Waals surface area (Å²) in [4.78, 5) is 4.37. The molecule has 82 valence electrons. The van der Waals surface area contributed by atoms with E-state index in [1.807, 2.05) is 50.3 Å². The van der Waals surface area contributed by atoms with Gasteiger partial charge in [-0.25, -0.2) is 0 Å². The predicted octanol–water partition coefficient (Wildman–Crippen LogP) is 2.37. The minimum Gasteiger partial charge on any atom is -0.260 e. The van der Waals surface area contributed by atoms with Gasteiger partial charge in [0.1, 0.15) is 0 Å². The van der Waals surface area contributed by atoms with E-state index in [2.05, 4.69) is 18.1 Å². The van der Waals surface area contributed by atoms with E-state index >= 15 is 0 Å². The van der Waals surface area contributed by atoms with Crippen molar-refractivity contribution in [2.75, 3.05) is 0 Å². The Kier molecular flexibility index (Phi) is 4.46. The van der Waals surface area contributed by atoms with Gasteiger partial charge in [0.2, 0.25) is 0 Å². The van der Waals surface area contributed by atoms with E-state index in [0.29, 0.717) is 0 Å². The van der Waals surface area contributed by atoms with Crippen molar-refractivity contribution in [3.63, 3.8) is 0 Å². The van der Waals surface area contributed by atoms with Crippen LogP contribution in [0.5, 0.6) is 0 Å². The topological polar surface area (TPSA) is 12.9 Å². The summed E-state index contributed by atoms with van der Waals surface area (Å²) < 4.78 is 0. The van der Waals surface area contributed by atoms with E-state index in [1.165, 1.54) is 0 Å². The zero-order valence-corrected chi connectivity index (χ0v) is 9.90.